The van der Waals surface area contributed by atoms with Crippen LogP contribution in [-0.4, -0.2) is 22.4 Å². The molecule has 2 atom stereocenters. The Morgan fingerprint density at radius 2 is 2.12 bits per heavy atom. The van der Waals surface area contributed by atoms with E-state index >= 15 is 0 Å². The Labute approximate surface area is 104 Å². The van der Waals surface area contributed by atoms with Crippen molar-refractivity contribution in [3.63, 3.8) is 0 Å². The van der Waals surface area contributed by atoms with Crippen LogP contribution in [0.1, 0.15) is 39.3 Å². The average molecular weight is 236 g/mol. The van der Waals surface area contributed by atoms with Gasteiger partial charge in [-0.05, 0) is 32.1 Å². The van der Waals surface area contributed by atoms with E-state index in [0.29, 0.717) is 6.04 Å². The summed E-state index contributed by atoms with van der Waals surface area (Å²) in [5.41, 5.74) is 8.11. The van der Waals surface area contributed by atoms with Gasteiger partial charge in [-0.2, -0.15) is 5.10 Å². The first-order valence-corrected chi connectivity index (χ1v) is 6.62. The lowest BCUT2D eigenvalue weighted by molar-refractivity contribution is 0.373. The average Bonchev–Trinajstić information content (AvgIpc) is 2.55. The highest BCUT2D eigenvalue weighted by Gasteiger charge is 2.27. The first-order chi connectivity index (χ1) is 8.04. The molecule has 1 saturated heterocycles. The Hall–Kier alpha value is -1.19. The molecule has 1 aromatic heterocycles. The lowest BCUT2D eigenvalue weighted by atomic mass is 9.93. The molecular formula is C13H24N4. The summed E-state index contributed by atoms with van der Waals surface area (Å²) in [4.78, 5) is 2.42. The smallest absolute Gasteiger partial charge is 0.150 e. The topological polar surface area (TPSA) is 47.1 Å². The zero-order valence-electron chi connectivity index (χ0n) is 11.4. The molecule has 0 saturated carbocycles. The van der Waals surface area contributed by atoms with Crippen LogP contribution >= 0.6 is 0 Å². The number of nitrogens with two attached hydrogens (primary N) is 1. The molecule has 17 heavy (non-hydrogen) atoms. The number of aromatic nitrogens is 2. The maximum absolute atomic E-state index is 6.22. The molecule has 96 valence electrons. The van der Waals surface area contributed by atoms with Crippen LogP contribution in [0, 0.1) is 5.92 Å². The van der Waals surface area contributed by atoms with Crippen molar-refractivity contribution in [2.24, 2.45) is 13.0 Å². The molecule has 0 aliphatic carbocycles. The van der Waals surface area contributed by atoms with Crippen molar-refractivity contribution in [2.75, 3.05) is 17.2 Å². The van der Waals surface area contributed by atoms with E-state index in [0.717, 1.165) is 36.1 Å². The fourth-order valence-corrected chi connectivity index (χ4v) is 2.91. The molecule has 0 bridgehead atoms. The fraction of sp³-hybridized carbons (Fsp3) is 0.769. The summed E-state index contributed by atoms with van der Waals surface area (Å²) < 4.78 is 1.95. The zero-order chi connectivity index (χ0) is 12.6. The molecule has 2 unspecified atom stereocenters. The predicted octanol–water partition coefficient (Wildman–Crippen LogP) is 2.19. The minimum absolute atomic E-state index is 0.557. The molecule has 1 aromatic rings. The second kappa shape index (κ2) is 4.59. The molecular weight excluding hydrogens is 212 g/mol. The Bertz CT molecular complexity index is 396. The molecule has 4 nitrogen and oxygen atoms in total. The number of hydrogen-bond donors (Lipinski definition) is 1. The van der Waals surface area contributed by atoms with Gasteiger partial charge in [0.05, 0.1) is 11.4 Å². The summed E-state index contributed by atoms with van der Waals surface area (Å²) in [5.74, 6) is 1.93. The molecule has 1 aliphatic rings. The van der Waals surface area contributed by atoms with Gasteiger partial charge in [-0.15, -0.1) is 0 Å². The van der Waals surface area contributed by atoms with Crippen LogP contribution in [0.5, 0.6) is 0 Å². The van der Waals surface area contributed by atoms with Crippen molar-refractivity contribution in [1.82, 2.24) is 9.78 Å². The largest absolute Gasteiger partial charge is 0.394 e. The third kappa shape index (κ3) is 2.13. The summed E-state index contributed by atoms with van der Waals surface area (Å²) >= 11 is 0. The number of nitrogen functional groups attached to an aromatic ring is 1. The van der Waals surface area contributed by atoms with Crippen LogP contribution in [-0.2, 0) is 13.5 Å². The van der Waals surface area contributed by atoms with Crippen LogP contribution in [0.4, 0.5) is 11.5 Å². The van der Waals surface area contributed by atoms with Gasteiger partial charge in [0.15, 0.2) is 5.82 Å². The first kappa shape index (κ1) is 12.3. The highest BCUT2D eigenvalue weighted by molar-refractivity contribution is 5.67. The molecule has 0 amide bonds. The van der Waals surface area contributed by atoms with Gasteiger partial charge in [0.25, 0.3) is 0 Å². The van der Waals surface area contributed by atoms with E-state index < -0.39 is 0 Å². The number of aryl methyl sites for hydroxylation is 2. The summed E-state index contributed by atoms with van der Waals surface area (Å²) in [6.07, 6.45) is 3.39. The third-order valence-electron chi connectivity index (χ3n) is 3.87. The molecule has 2 rings (SSSR count). The number of nitrogens with zero attached hydrogens (tertiary/aromatic N) is 3. The lowest BCUT2D eigenvalue weighted by Crippen LogP contribution is -2.41. The molecule has 2 heterocycles. The van der Waals surface area contributed by atoms with Crippen molar-refractivity contribution in [3.05, 3.63) is 5.69 Å². The van der Waals surface area contributed by atoms with Crippen LogP contribution in [0.3, 0.4) is 0 Å². The summed E-state index contributed by atoms with van der Waals surface area (Å²) in [5, 5.41) is 4.51. The molecule has 2 N–H and O–H groups in total. The first-order valence-electron chi connectivity index (χ1n) is 6.62. The maximum atomic E-state index is 6.22. The van der Waals surface area contributed by atoms with Crippen molar-refractivity contribution < 1.29 is 0 Å². The van der Waals surface area contributed by atoms with Crippen molar-refractivity contribution in [2.45, 2.75) is 46.1 Å². The minimum atomic E-state index is 0.557. The van der Waals surface area contributed by atoms with Gasteiger partial charge >= 0.3 is 0 Å². The Morgan fingerprint density at radius 1 is 1.41 bits per heavy atom. The highest BCUT2D eigenvalue weighted by atomic mass is 15.4. The van der Waals surface area contributed by atoms with E-state index in [-0.39, 0.29) is 0 Å². The summed E-state index contributed by atoms with van der Waals surface area (Å²) in [7, 11) is 2.00. The Morgan fingerprint density at radius 3 is 2.65 bits per heavy atom. The van der Waals surface area contributed by atoms with E-state index in [1.807, 2.05) is 11.7 Å². The Kier molecular flexibility index (Phi) is 3.31. The van der Waals surface area contributed by atoms with E-state index in [4.69, 9.17) is 5.73 Å². The fourth-order valence-electron chi connectivity index (χ4n) is 2.91. The number of piperidine rings is 1. The molecule has 0 spiro atoms. The number of hydrogen-bond acceptors (Lipinski definition) is 3. The lowest BCUT2D eigenvalue weighted by Gasteiger charge is -2.38. The van der Waals surface area contributed by atoms with Gasteiger partial charge in [-0.25, -0.2) is 0 Å². The maximum Gasteiger partial charge on any atom is 0.150 e. The van der Waals surface area contributed by atoms with E-state index in [1.54, 1.807) is 0 Å². The van der Waals surface area contributed by atoms with Gasteiger partial charge in [-0.3, -0.25) is 4.68 Å². The van der Waals surface area contributed by atoms with Gasteiger partial charge in [0.1, 0.15) is 0 Å². The van der Waals surface area contributed by atoms with Crippen molar-refractivity contribution in [1.29, 1.82) is 0 Å². The quantitative estimate of drug-likeness (QED) is 0.856. The monoisotopic (exact) mass is 236 g/mol. The molecule has 1 aliphatic heterocycles. The Balaban J connectivity index is 2.30. The normalized spacial score (nSPS) is 25.3. The SMILES string of the molecule is CCc1nn(C)c(N2CCC(C)CC2C)c1N. The van der Waals surface area contributed by atoms with E-state index in [9.17, 15) is 0 Å². The van der Waals surface area contributed by atoms with Crippen LogP contribution in [0.15, 0.2) is 0 Å². The molecule has 0 radical (unpaired) electrons. The molecule has 4 heteroatoms. The van der Waals surface area contributed by atoms with Crippen molar-refractivity contribution >= 4 is 11.5 Å². The highest BCUT2D eigenvalue weighted by Crippen LogP contribution is 2.33. The van der Waals surface area contributed by atoms with Crippen LogP contribution < -0.4 is 10.6 Å². The standard InChI is InChI=1S/C13H24N4/c1-5-11-12(14)13(16(4)15-11)17-7-6-9(2)8-10(17)3/h9-10H,5-8,14H2,1-4H3. The van der Waals surface area contributed by atoms with E-state index in [1.165, 1.54) is 12.8 Å². The number of rotatable bonds is 2. The second-order valence-corrected chi connectivity index (χ2v) is 5.33. The predicted molar refractivity (Wildman–Crippen MR) is 72.2 cm³/mol. The zero-order valence-corrected chi connectivity index (χ0v) is 11.4. The van der Waals surface area contributed by atoms with Gasteiger partial charge in [0.2, 0.25) is 0 Å². The summed E-state index contributed by atoms with van der Waals surface area (Å²) in [6.45, 7) is 7.81. The molecule has 1 fully saturated rings. The second-order valence-electron chi connectivity index (χ2n) is 5.33. The van der Waals surface area contributed by atoms with Crippen molar-refractivity contribution in [3.8, 4) is 0 Å². The van der Waals surface area contributed by atoms with Gasteiger partial charge < -0.3 is 10.6 Å². The van der Waals surface area contributed by atoms with E-state index in [2.05, 4.69) is 30.8 Å². The van der Waals surface area contributed by atoms with Crippen LogP contribution in [0.25, 0.3) is 0 Å². The number of anilines is 2. The third-order valence-corrected chi connectivity index (χ3v) is 3.87. The van der Waals surface area contributed by atoms with Gasteiger partial charge in [-0.1, -0.05) is 13.8 Å². The summed E-state index contributed by atoms with van der Waals surface area (Å²) in [6, 6.07) is 0.557. The van der Waals surface area contributed by atoms with Crippen LogP contribution in [0.2, 0.25) is 0 Å². The van der Waals surface area contributed by atoms with Gasteiger partial charge in [0, 0.05) is 19.6 Å². The minimum Gasteiger partial charge on any atom is -0.394 e. The molecule has 0 aromatic carbocycles.